The predicted octanol–water partition coefficient (Wildman–Crippen LogP) is 4.17. The van der Waals surface area contributed by atoms with Crippen molar-refractivity contribution in [3.05, 3.63) is 87.9 Å². The second-order valence-electron chi connectivity index (χ2n) is 7.90. The number of rotatable bonds is 6. The van der Waals surface area contributed by atoms with E-state index in [4.69, 9.17) is 0 Å². The minimum Gasteiger partial charge on any atom is -0.326 e. The summed E-state index contributed by atoms with van der Waals surface area (Å²) in [7, 11) is 0. The molecule has 1 amide bonds. The maximum Gasteiger partial charge on any atom is 0.263 e. The number of carbonyl (C=O) groups excluding carboxylic acids is 2. The molecule has 1 N–H and O–H groups in total. The number of hydrogen-bond donors (Lipinski definition) is 1. The molecule has 2 aromatic heterocycles. The van der Waals surface area contributed by atoms with Gasteiger partial charge in [0.15, 0.2) is 11.4 Å². The molecule has 0 aliphatic heterocycles. The third-order valence-corrected chi connectivity index (χ3v) is 5.68. The van der Waals surface area contributed by atoms with E-state index in [1.54, 1.807) is 41.0 Å². The van der Waals surface area contributed by atoms with Gasteiger partial charge in [-0.05, 0) is 56.7 Å². The molecule has 0 radical (unpaired) electrons. The van der Waals surface area contributed by atoms with E-state index in [0.29, 0.717) is 28.0 Å². The van der Waals surface area contributed by atoms with Crippen LogP contribution in [0.3, 0.4) is 0 Å². The lowest BCUT2D eigenvalue weighted by Gasteiger charge is -2.09. The molecule has 4 rings (SSSR count). The first kappa shape index (κ1) is 22.1. The number of carbonyl (C=O) groups is 2. The summed E-state index contributed by atoms with van der Waals surface area (Å²) in [6, 6.07) is 12.8. The molecular weight excluding hydrogens is 423 g/mol. The third-order valence-electron chi connectivity index (χ3n) is 5.68. The van der Waals surface area contributed by atoms with Crippen molar-refractivity contribution >= 4 is 28.4 Å². The van der Waals surface area contributed by atoms with Gasteiger partial charge in [-0.3, -0.25) is 23.5 Å². The topological polar surface area (TPSA) is 86.0 Å². The van der Waals surface area contributed by atoms with Crippen LogP contribution in [0, 0.1) is 19.7 Å². The molecule has 0 aliphatic carbocycles. The summed E-state index contributed by atoms with van der Waals surface area (Å²) in [5, 5.41) is 3.19. The minimum atomic E-state index is -0.375. The Morgan fingerprint density at radius 2 is 1.85 bits per heavy atom. The molecule has 33 heavy (non-hydrogen) atoms. The largest absolute Gasteiger partial charge is 0.326 e. The number of nitrogens with zero attached hydrogens (tertiary/aromatic N) is 3. The maximum absolute atomic E-state index is 13.8. The quantitative estimate of drug-likeness (QED) is 0.451. The first-order valence-corrected chi connectivity index (χ1v) is 10.5. The number of benzene rings is 2. The molecule has 0 unspecified atom stereocenters. The van der Waals surface area contributed by atoms with Crippen LogP contribution in [0.1, 0.15) is 35.0 Å². The molecule has 168 valence electrons. The van der Waals surface area contributed by atoms with E-state index in [2.05, 4.69) is 10.3 Å². The van der Waals surface area contributed by atoms with Gasteiger partial charge in [0.1, 0.15) is 5.82 Å². The second-order valence-corrected chi connectivity index (χ2v) is 7.90. The summed E-state index contributed by atoms with van der Waals surface area (Å²) in [5.41, 5.74) is 3.35. The zero-order valence-electron chi connectivity index (χ0n) is 18.6. The monoisotopic (exact) mass is 446 g/mol. The number of ketones is 1. The van der Waals surface area contributed by atoms with E-state index >= 15 is 0 Å². The van der Waals surface area contributed by atoms with E-state index in [-0.39, 0.29) is 36.0 Å². The summed E-state index contributed by atoms with van der Waals surface area (Å²) in [6.45, 7) is 5.29. The van der Waals surface area contributed by atoms with Crippen LogP contribution in [-0.2, 0) is 11.3 Å². The molecular formula is C25H23FN4O3. The van der Waals surface area contributed by atoms with Crippen molar-refractivity contribution in [1.29, 1.82) is 0 Å². The van der Waals surface area contributed by atoms with Crippen LogP contribution < -0.4 is 10.9 Å². The van der Waals surface area contributed by atoms with E-state index in [1.165, 1.54) is 30.0 Å². The fourth-order valence-electron chi connectivity index (χ4n) is 3.84. The van der Waals surface area contributed by atoms with Crippen molar-refractivity contribution in [2.75, 3.05) is 5.32 Å². The summed E-state index contributed by atoms with van der Waals surface area (Å²) in [6.07, 6.45) is 1.46. The summed E-state index contributed by atoms with van der Waals surface area (Å²) >= 11 is 0. The molecule has 0 saturated carbocycles. The lowest BCUT2D eigenvalue weighted by molar-refractivity contribution is -0.116. The van der Waals surface area contributed by atoms with Gasteiger partial charge in [-0.1, -0.05) is 18.2 Å². The number of halogens is 1. The zero-order chi connectivity index (χ0) is 23.7. The molecule has 2 aromatic carbocycles. The van der Waals surface area contributed by atoms with E-state index < -0.39 is 0 Å². The van der Waals surface area contributed by atoms with Gasteiger partial charge in [0, 0.05) is 29.9 Å². The van der Waals surface area contributed by atoms with Crippen molar-refractivity contribution in [3.63, 3.8) is 0 Å². The van der Waals surface area contributed by atoms with Gasteiger partial charge in [0.2, 0.25) is 5.91 Å². The Hall–Kier alpha value is -4.07. The lowest BCUT2D eigenvalue weighted by Crippen LogP contribution is -2.24. The SMILES string of the molecule is CC(=O)c1cccc(NC(=O)CCn2cnc3c(c(C)c(C)n3-c3cccc(F)c3)c2=O)c1. The third kappa shape index (κ3) is 4.32. The van der Waals surface area contributed by atoms with Gasteiger partial charge in [-0.2, -0.15) is 0 Å². The normalized spacial score (nSPS) is 11.0. The number of hydrogen-bond acceptors (Lipinski definition) is 4. The smallest absolute Gasteiger partial charge is 0.263 e. The van der Waals surface area contributed by atoms with Crippen molar-refractivity contribution in [3.8, 4) is 5.69 Å². The molecule has 0 saturated heterocycles. The first-order valence-electron chi connectivity index (χ1n) is 10.5. The Morgan fingerprint density at radius 1 is 1.09 bits per heavy atom. The molecule has 4 aromatic rings. The van der Waals surface area contributed by atoms with Gasteiger partial charge >= 0.3 is 0 Å². The average Bonchev–Trinajstić information content (AvgIpc) is 3.04. The van der Waals surface area contributed by atoms with Gasteiger partial charge in [0.05, 0.1) is 17.4 Å². The number of aromatic nitrogens is 3. The van der Waals surface area contributed by atoms with E-state index in [9.17, 15) is 18.8 Å². The highest BCUT2D eigenvalue weighted by Crippen LogP contribution is 2.25. The summed E-state index contributed by atoms with van der Waals surface area (Å²) < 4.78 is 16.9. The molecule has 0 spiro atoms. The Balaban J connectivity index is 1.58. The van der Waals surface area contributed by atoms with Crippen LogP contribution in [0.25, 0.3) is 16.7 Å². The average molecular weight is 446 g/mol. The van der Waals surface area contributed by atoms with Crippen molar-refractivity contribution < 1.29 is 14.0 Å². The van der Waals surface area contributed by atoms with Crippen molar-refractivity contribution in [1.82, 2.24) is 14.1 Å². The Morgan fingerprint density at radius 3 is 2.58 bits per heavy atom. The van der Waals surface area contributed by atoms with Crippen LogP contribution in [0.4, 0.5) is 10.1 Å². The first-order chi connectivity index (χ1) is 15.8. The molecule has 7 nitrogen and oxygen atoms in total. The van der Waals surface area contributed by atoms with Crippen LogP contribution in [0.2, 0.25) is 0 Å². The highest BCUT2D eigenvalue weighted by atomic mass is 19.1. The predicted molar refractivity (Wildman–Crippen MR) is 124 cm³/mol. The van der Waals surface area contributed by atoms with Crippen molar-refractivity contribution in [2.24, 2.45) is 0 Å². The zero-order valence-corrected chi connectivity index (χ0v) is 18.6. The van der Waals surface area contributed by atoms with Crippen molar-refractivity contribution in [2.45, 2.75) is 33.7 Å². The molecule has 8 heteroatoms. The Bertz CT molecular complexity index is 1450. The van der Waals surface area contributed by atoms with E-state index in [1.807, 2.05) is 13.8 Å². The number of Topliss-reactive ketones (excluding diaryl/α,β-unsaturated/α-hetero) is 1. The van der Waals surface area contributed by atoms with Crippen LogP contribution >= 0.6 is 0 Å². The number of aryl methyl sites for hydroxylation is 2. The van der Waals surface area contributed by atoms with Gasteiger partial charge in [0.25, 0.3) is 5.56 Å². The highest BCUT2D eigenvalue weighted by molar-refractivity contribution is 5.97. The number of anilines is 1. The maximum atomic E-state index is 13.8. The van der Waals surface area contributed by atoms with Gasteiger partial charge in [-0.25, -0.2) is 9.37 Å². The summed E-state index contributed by atoms with van der Waals surface area (Å²) in [4.78, 5) is 41.6. The molecule has 2 heterocycles. The number of nitrogens with one attached hydrogen (secondary N) is 1. The van der Waals surface area contributed by atoms with Gasteiger partial charge < -0.3 is 5.32 Å². The Labute approximate surface area is 189 Å². The van der Waals surface area contributed by atoms with Crippen LogP contribution in [0.5, 0.6) is 0 Å². The lowest BCUT2D eigenvalue weighted by atomic mass is 10.1. The van der Waals surface area contributed by atoms with E-state index in [0.717, 1.165) is 11.3 Å². The standard InChI is InChI=1S/C25H23FN4O3/c1-15-16(2)30(21-9-5-7-19(26)13-21)24-23(15)25(33)29(14-27-24)11-10-22(32)28-20-8-4-6-18(12-20)17(3)31/h4-9,12-14H,10-11H2,1-3H3,(H,28,32). The fourth-order valence-corrected chi connectivity index (χ4v) is 3.84. The van der Waals surface area contributed by atoms with Crippen LogP contribution in [-0.4, -0.2) is 25.8 Å². The van der Waals surface area contributed by atoms with Gasteiger partial charge in [-0.15, -0.1) is 0 Å². The van der Waals surface area contributed by atoms with Crippen LogP contribution in [0.15, 0.2) is 59.7 Å². The molecule has 0 aliphatic rings. The molecule has 0 fully saturated rings. The number of fused-ring (bicyclic) bond motifs is 1. The number of amides is 1. The summed E-state index contributed by atoms with van der Waals surface area (Å²) in [5.74, 6) is -0.750. The molecule has 0 bridgehead atoms. The Kier molecular flexibility index (Phi) is 5.91. The molecule has 0 atom stereocenters. The fraction of sp³-hybridized carbons (Fsp3) is 0.200. The second kappa shape index (κ2) is 8.82. The minimum absolute atomic E-state index is 0.0556. The highest BCUT2D eigenvalue weighted by Gasteiger charge is 2.18.